The zero-order chi connectivity index (χ0) is 10.6. The summed E-state index contributed by atoms with van der Waals surface area (Å²) in [4.78, 5) is 8.67. The third-order valence-corrected chi connectivity index (χ3v) is 1.17. The van der Waals surface area contributed by atoms with E-state index in [1.807, 2.05) is 24.3 Å². The number of hydrogen-bond acceptors (Lipinski definition) is 1. The fourth-order valence-corrected chi connectivity index (χ4v) is 0.680. The van der Waals surface area contributed by atoms with Gasteiger partial charge in [-0.1, -0.05) is 0 Å². The number of amides is 1. The maximum absolute atomic E-state index is 8.67. The van der Waals surface area contributed by atoms with E-state index < -0.39 is 6.09 Å². The minimum Gasteiger partial charge on any atom is -0.632 e. The quantitative estimate of drug-likeness (QED) is 0.526. The summed E-state index contributed by atoms with van der Waals surface area (Å²) in [6.07, 6.45) is 18.4. The van der Waals surface area contributed by atoms with E-state index in [-0.39, 0.29) is 17.1 Å². The monoisotopic (exact) mass is 246 g/mol. The van der Waals surface area contributed by atoms with Crippen molar-refractivity contribution in [2.45, 2.75) is 12.8 Å². The van der Waals surface area contributed by atoms with Crippen LogP contribution in [0.3, 0.4) is 0 Å². The molecule has 0 bridgehead atoms. The fraction of sp³-hybridized carbons (Fsp3) is 0.182. The first-order valence-electron chi connectivity index (χ1n) is 4.11. The largest absolute Gasteiger partial charge is 3.00 e. The van der Waals surface area contributed by atoms with Crippen LogP contribution in [0.1, 0.15) is 12.8 Å². The standard InChI is InChI=1S/2C5H5.CH2NO2.Fe/c2*1-2-4-5-3-1;2-1(3)4;/h2*1-3H,4H2;2H,(H,3,4);/q3*-1;+3. The van der Waals surface area contributed by atoms with Gasteiger partial charge in [-0.05, 0) is 0 Å². The number of carbonyl (C=O) groups is 1. The Morgan fingerprint density at radius 1 is 1.13 bits per heavy atom. The van der Waals surface area contributed by atoms with E-state index in [0.29, 0.717) is 0 Å². The van der Waals surface area contributed by atoms with Gasteiger partial charge >= 0.3 is 17.1 Å². The summed E-state index contributed by atoms with van der Waals surface area (Å²) in [5.41, 5.74) is 5.50. The predicted octanol–water partition coefficient (Wildman–Crippen LogP) is 3.33. The molecule has 0 spiro atoms. The van der Waals surface area contributed by atoms with Crippen LogP contribution in [-0.4, -0.2) is 11.2 Å². The summed E-state index contributed by atoms with van der Waals surface area (Å²) in [6.45, 7) is 0. The maximum atomic E-state index is 8.67. The smallest absolute Gasteiger partial charge is 0.632 e. The van der Waals surface area contributed by atoms with Crippen molar-refractivity contribution in [1.82, 2.24) is 0 Å². The van der Waals surface area contributed by atoms with Crippen molar-refractivity contribution >= 4 is 6.09 Å². The zero-order valence-corrected chi connectivity index (χ0v) is 9.19. The van der Waals surface area contributed by atoms with E-state index in [1.54, 1.807) is 0 Å². The van der Waals surface area contributed by atoms with Gasteiger partial charge in [0.05, 0.1) is 0 Å². The Balaban J connectivity index is 0. The topological polar surface area (TPSA) is 61.1 Å². The minimum atomic E-state index is -1.58. The SMILES string of the molecule is [C-]1=CC=CC1.[C-]1=CC=CC1.[Fe+3].[NH-]C(=O)O. The van der Waals surface area contributed by atoms with Gasteiger partial charge in [0.1, 0.15) is 0 Å². The Bertz CT molecular complexity index is 222. The molecule has 0 aromatic rings. The van der Waals surface area contributed by atoms with E-state index >= 15 is 0 Å². The predicted molar refractivity (Wildman–Crippen MR) is 55.5 cm³/mol. The molecule has 0 aromatic heterocycles. The van der Waals surface area contributed by atoms with Crippen LogP contribution in [0, 0.1) is 12.2 Å². The second-order valence-corrected chi connectivity index (χ2v) is 2.31. The first-order chi connectivity index (χ1) is 6.73. The molecule has 0 atom stereocenters. The van der Waals surface area contributed by atoms with Gasteiger partial charge < -0.3 is 10.8 Å². The zero-order valence-electron chi connectivity index (χ0n) is 8.09. The number of nitrogens with one attached hydrogen (secondary N) is 1. The molecule has 0 saturated carbocycles. The van der Waals surface area contributed by atoms with Crippen molar-refractivity contribution in [3.05, 3.63) is 54.3 Å². The third-order valence-electron chi connectivity index (χ3n) is 1.17. The van der Waals surface area contributed by atoms with Crippen LogP contribution in [0.15, 0.2) is 36.5 Å². The summed E-state index contributed by atoms with van der Waals surface area (Å²) in [7, 11) is 0. The normalized spacial score (nSPS) is 13.3. The molecular formula is C11H12FeNO2. The van der Waals surface area contributed by atoms with Crippen LogP contribution in [0.2, 0.25) is 0 Å². The van der Waals surface area contributed by atoms with Crippen LogP contribution < -0.4 is 0 Å². The van der Waals surface area contributed by atoms with Gasteiger partial charge in [0.15, 0.2) is 0 Å². The molecule has 0 saturated heterocycles. The van der Waals surface area contributed by atoms with E-state index in [0.717, 1.165) is 12.8 Å². The van der Waals surface area contributed by atoms with Crippen LogP contribution in [0.25, 0.3) is 5.73 Å². The number of allylic oxidation sites excluding steroid dienone is 8. The summed E-state index contributed by atoms with van der Waals surface area (Å²) in [5, 5.41) is 7.08. The molecule has 2 N–H and O–H groups in total. The van der Waals surface area contributed by atoms with Gasteiger partial charge in [-0.2, -0.15) is 12.2 Å². The first-order valence-corrected chi connectivity index (χ1v) is 4.11. The molecule has 1 amide bonds. The minimum absolute atomic E-state index is 0. The molecular weight excluding hydrogens is 234 g/mol. The molecule has 0 aliphatic heterocycles. The van der Waals surface area contributed by atoms with Gasteiger partial charge in [-0.15, -0.1) is 12.8 Å². The van der Waals surface area contributed by atoms with Gasteiger partial charge in [0, 0.05) is 0 Å². The molecule has 2 aliphatic rings. The van der Waals surface area contributed by atoms with Gasteiger partial charge in [-0.25, -0.2) is 24.3 Å². The van der Waals surface area contributed by atoms with Crippen molar-refractivity contribution in [3.8, 4) is 0 Å². The van der Waals surface area contributed by atoms with Crippen LogP contribution in [0.5, 0.6) is 0 Å². The fourth-order valence-electron chi connectivity index (χ4n) is 0.680. The number of rotatable bonds is 0. The first kappa shape index (κ1) is 16.2. The average Bonchev–Trinajstić information content (AvgIpc) is 2.83. The van der Waals surface area contributed by atoms with Gasteiger partial charge in [0.25, 0.3) is 0 Å². The Hall–Kier alpha value is -1.25. The summed E-state index contributed by atoms with van der Waals surface area (Å²) < 4.78 is 0. The molecule has 1 radical (unpaired) electrons. The Morgan fingerprint density at radius 2 is 1.47 bits per heavy atom. The third kappa shape index (κ3) is 19.2. The van der Waals surface area contributed by atoms with Crippen molar-refractivity contribution in [2.24, 2.45) is 0 Å². The van der Waals surface area contributed by atoms with Crippen molar-refractivity contribution in [3.63, 3.8) is 0 Å². The summed E-state index contributed by atoms with van der Waals surface area (Å²) in [5.74, 6) is 0. The van der Waals surface area contributed by atoms with E-state index in [1.165, 1.54) is 0 Å². The molecule has 4 heteroatoms. The molecule has 0 fully saturated rings. The molecule has 2 rings (SSSR count). The second kappa shape index (κ2) is 12.7. The molecule has 0 heterocycles. The number of hydrogen-bond donors (Lipinski definition) is 1. The number of carboxylic acid groups (broad SMARTS) is 1. The molecule has 2 aliphatic carbocycles. The Kier molecular flexibility index (Phi) is 13.8. The summed E-state index contributed by atoms with van der Waals surface area (Å²) >= 11 is 0. The van der Waals surface area contributed by atoms with Crippen LogP contribution in [-0.2, 0) is 17.1 Å². The van der Waals surface area contributed by atoms with E-state index in [4.69, 9.17) is 15.6 Å². The van der Waals surface area contributed by atoms with E-state index in [2.05, 4.69) is 24.3 Å². The summed E-state index contributed by atoms with van der Waals surface area (Å²) in [6, 6.07) is 0. The Morgan fingerprint density at radius 3 is 1.53 bits per heavy atom. The molecule has 3 nitrogen and oxygen atoms in total. The van der Waals surface area contributed by atoms with Gasteiger partial charge in [-0.3, -0.25) is 16.9 Å². The van der Waals surface area contributed by atoms with Crippen molar-refractivity contribution in [1.29, 1.82) is 0 Å². The van der Waals surface area contributed by atoms with Crippen molar-refractivity contribution in [2.75, 3.05) is 0 Å². The second-order valence-electron chi connectivity index (χ2n) is 2.31. The van der Waals surface area contributed by atoms with Crippen LogP contribution >= 0.6 is 0 Å². The molecule has 81 valence electrons. The van der Waals surface area contributed by atoms with Crippen molar-refractivity contribution < 1.29 is 27.0 Å². The Labute approximate surface area is 101 Å². The maximum Gasteiger partial charge on any atom is 3.00 e. The molecule has 0 aromatic carbocycles. The average molecular weight is 246 g/mol. The molecule has 15 heavy (non-hydrogen) atoms. The van der Waals surface area contributed by atoms with E-state index in [9.17, 15) is 0 Å². The van der Waals surface area contributed by atoms with Crippen LogP contribution in [0.4, 0.5) is 4.79 Å². The molecule has 0 unspecified atom stereocenters. The van der Waals surface area contributed by atoms with Gasteiger partial charge in [0.2, 0.25) is 6.09 Å².